The minimum Gasteiger partial charge on any atom is -0.466 e. The number of pyridine rings is 1. The summed E-state index contributed by atoms with van der Waals surface area (Å²) in [5.41, 5.74) is 1.34. The molecule has 6 nitrogen and oxygen atoms in total. The minimum absolute atomic E-state index is 0.206. The van der Waals surface area contributed by atoms with Crippen molar-refractivity contribution in [2.75, 3.05) is 27.0 Å². The Kier molecular flexibility index (Phi) is 4.90. The molecule has 1 aliphatic heterocycles. The summed E-state index contributed by atoms with van der Waals surface area (Å²) in [7, 11) is 1.58. The van der Waals surface area contributed by atoms with Gasteiger partial charge >= 0.3 is 6.09 Å². The number of ether oxygens (including phenoxy) is 3. The lowest BCUT2D eigenvalue weighted by molar-refractivity contribution is 0.00781. The number of aromatic nitrogens is 1. The van der Waals surface area contributed by atoms with Crippen LogP contribution < -0.4 is 4.74 Å². The number of likely N-dealkylation sites (tertiary alicyclic amines) is 1. The standard InChI is InChI=1S/C16H24N2O4/c1-11-14(21-10-20-5)7-6-13(17-11)12-8-18(9-12)15(19)22-16(2,3)4/h6-7,12H,8-10H2,1-5H3. The molecule has 1 fully saturated rings. The minimum atomic E-state index is -0.461. The molecule has 22 heavy (non-hydrogen) atoms. The third-order valence-corrected chi connectivity index (χ3v) is 3.34. The van der Waals surface area contributed by atoms with Crippen LogP contribution >= 0.6 is 0 Å². The lowest BCUT2D eigenvalue weighted by Gasteiger charge is -2.39. The molecule has 2 rings (SSSR count). The predicted molar refractivity (Wildman–Crippen MR) is 82.0 cm³/mol. The maximum Gasteiger partial charge on any atom is 0.410 e. The van der Waals surface area contributed by atoms with Crippen molar-refractivity contribution < 1.29 is 19.0 Å². The van der Waals surface area contributed by atoms with Crippen molar-refractivity contribution in [3.05, 3.63) is 23.5 Å². The number of methoxy groups -OCH3 is 1. The van der Waals surface area contributed by atoms with Gasteiger partial charge in [0.1, 0.15) is 11.4 Å². The molecule has 0 bridgehead atoms. The first-order valence-electron chi connectivity index (χ1n) is 7.37. The highest BCUT2D eigenvalue weighted by Gasteiger charge is 2.35. The van der Waals surface area contributed by atoms with Crippen LogP contribution in [0.15, 0.2) is 12.1 Å². The maximum atomic E-state index is 11.9. The van der Waals surface area contributed by atoms with E-state index in [9.17, 15) is 4.79 Å². The predicted octanol–water partition coefficient (Wildman–Crippen LogP) is 2.71. The van der Waals surface area contributed by atoms with Gasteiger partial charge in [0.15, 0.2) is 6.79 Å². The van der Waals surface area contributed by atoms with Gasteiger partial charge in [0.05, 0.1) is 5.69 Å². The lowest BCUT2D eigenvalue weighted by Crippen LogP contribution is -2.50. The highest BCUT2D eigenvalue weighted by molar-refractivity contribution is 5.69. The van der Waals surface area contributed by atoms with E-state index >= 15 is 0 Å². The van der Waals surface area contributed by atoms with Crippen molar-refractivity contribution in [3.63, 3.8) is 0 Å². The van der Waals surface area contributed by atoms with E-state index in [2.05, 4.69) is 4.98 Å². The molecule has 1 saturated heterocycles. The van der Waals surface area contributed by atoms with E-state index in [-0.39, 0.29) is 18.8 Å². The van der Waals surface area contributed by atoms with E-state index in [1.54, 1.807) is 12.0 Å². The Hall–Kier alpha value is -1.82. The second-order valence-corrected chi connectivity index (χ2v) is 6.45. The van der Waals surface area contributed by atoms with Crippen LogP contribution in [0.4, 0.5) is 4.79 Å². The van der Waals surface area contributed by atoms with Gasteiger partial charge in [-0.2, -0.15) is 0 Å². The molecule has 0 unspecified atom stereocenters. The molecule has 1 aromatic rings. The van der Waals surface area contributed by atoms with Crippen LogP contribution in [0.5, 0.6) is 5.75 Å². The monoisotopic (exact) mass is 308 g/mol. The first-order chi connectivity index (χ1) is 10.3. The van der Waals surface area contributed by atoms with Crippen LogP contribution in [0.1, 0.15) is 38.1 Å². The molecule has 2 heterocycles. The summed E-state index contributed by atoms with van der Waals surface area (Å²) >= 11 is 0. The van der Waals surface area contributed by atoms with Gasteiger partial charge in [0.25, 0.3) is 0 Å². The van der Waals surface area contributed by atoms with Gasteiger partial charge in [-0.25, -0.2) is 4.79 Å². The van der Waals surface area contributed by atoms with Crippen LogP contribution in [0.2, 0.25) is 0 Å². The van der Waals surface area contributed by atoms with Gasteiger partial charge < -0.3 is 19.1 Å². The van der Waals surface area contributed by atoms with Crippen molar-refractivity contribution in [1.29, 1.82) is 0 Å². The quantitative estimate of drug-likeness (QED) is 0.800. The van der Waals surface area contributed by atoms with Crippen LogP contribution in [0.25, 0.3) is 0 Å². The van der Waals surface area contributed by atoms with E-state index in [4.69, 9.17) is 14.2 Å². The fourth-order valence-electron chi connectivity index (χ4n) is 2.21. The number of hydrogen-bond donors (Lipinski definition) is 0. The maximum absolute atomic E-state index is 11.9. The number of carbonyl (C=O) groups is 1. The van der Waals surface area contributed by atoms with Gasteiger partial charge in [-0.3, -0.25) is 4.98 Å². The molecular weight excluding hydrogens is 284 g/mol. The highest BCUT2D eigenvalue weighted by Crippen LogP contribution is 2.29. The molecule has 0 saturated carbocycles. The molecule has 0 spiro atoms. The first kappa shape index (κ1) is 16.5. The zero-order valence-corrected chi connectivity index (χ0v) is 13.9. The Morgan fingerprint density at radius 1 is 1.36 bits per heavy atom. The largest absolute Gasteiger partial charge is 0.466 e. The highest BCUT2D eigenvalue weighted by atomic mass is 16.7. The fraction of sp³-hybridized carbons (Fsp3) is 0.625. The SMILES string of the molecule is COCOc1ccc(C2CN(C(=O)OC(C)(C)C)C2)nc1C. The van der Waals surface area contributed by atoms with Crippen molar-refractivity contribution >= 4 is 6.09 Å². The van der Waals surface area contributed by atoms with Gasteiger partial charge in [0, 0.05) is 31.8 Å². The molecule has 6 heteroatoms. The van der Waals surface area contributed by atoms with Crippen LogP contribution in [-0.4, -0.2) is 48.6 Å². The molecule has 0 aromatic carbocycles. The second-order valence-electron chi connectivity index (χ2n) is 6.45. The van der Waals surface area contributed by atoms with Crippen molar-refractivity contribution in [2.45, 2.75) is 39.2 Å². The summed E-state index contributed by atoms with van der Waals surface area (Å²) < 4.78 is 15.6. The summed E-state index contributed by atoms with van der Waals surface area (Å²) in [6.07, 6.45) is -0.263. The van der Waals surface area contributed by atoms with Gasteiger partial charge in [-0.1, -0.05) is 0 Å². The molecule has 0 N–H and O–H groups in total. The van der Waals surface area contributed by atoms with E-state index < -0.39 is 5.60 Å². The number of carbonyl (C=O) groups excluding carboxylic acids is 1. The van der Waals surface area contributed by atoms with Crippen molar-refractivity contribution in [1.82, 2.24) is 9.88 Å². The first-order valence-corrected chi connectivity index (χ1v) is 7.37. The molecule has 122 valence electrons. The zero-order valence-electron chi connectivity index (χ0n) is 13.9. The Balaban J connectivity index is 1.90. The van der Waals surface area contributed by atoms with Crippen LogP contribution in [0.3, 0.4) is 0 Å². The molecule has 0 atom stereocenters. The number of rotatable bonds is 4. The van der Waals surface area contributed by atoms with Crippen molar-refractivity contribution in [3.8, 4) is 5.75 Å². The summed E-state index contributed by atoms with van der Waals surface area (Å²) in [6, 6.07) is 3.84. The summed E-state index contributed by atoms with van der Waals surface area (Å²) in [5, 5.41) is 0. The normalized spacial score (nSPS) is 15.4. The molecule has 0 aliphatic carbocycles. The Morgan fingerprint density at radius 3 is 2.59 bits per heavy atom. The number of aryl methyl sites for hydroxylation is 1. The average molecular weight is 308 g/mol. The van der Waals surface area contributed by atoms with Crippen LogP contribution in [0, 0.1) is 6.92 Å². The van der Waals surface area contributed by atoms with E-state index in [0.29, 0.717) is 18.8 Å². The van der Waals surface area contributed by atoms with Gasteiger partial charge in [-0.15, -0.1) is 0 Å². The van der Waals surface area contributed by atoms with Crippen molar-refractivity contribution in [2.24, 2.45) is 0 Å². The fourth-order valence-corrected chi connectivity index (χ4v) is 2.21. The second kappa shape index (κ2) is 6.52. The van der Waals surface area contributed by atoms with Gasteiger partial charge in [-0.05, 0) is 39.8 Å². The molecule has 0 radical (unpaired) electrons. The molecular formula is C16H24N2O4. The zero-order chi connectivity index (χ0) is 16.3. The van der Waals surface area contributed by atoms with Crippen LogP contribution in [-0.2, 0) is 9.47 Å². The topological polar surface area (TPSA) is 60.9 Å². The average Bonchev–Trinajstić information content (AvgIpc) is 2.33. The van der Waals surface area contributed by atoms with Gasteiger partial charge in [0.2, 0.25) is 0 Å². The third-order valence-electron chi connectivity index (χ3n) is 3.34. The smallest absolute Gasteiger partial charge is 0.410 e. The lowest BCUT2D eigenvalue weighted by atomic mass is 9.96. The van der Waals surface area contributed by atoms with E-state index in [1.165, 1.54) is 0 Å². The molecule has 1 aromatic heterocycles. The number of hydrogen-bond acceptors (Lipinski definition) is 5. The summed E-state index contributed by atoms with van der Waals surface area (Å²) in [6.45, 7) is 8.99. The molecule has 1 amide bonds. The summed E-state index contributed by atoms with van der Waals surface area (Å²) in [4.78, 5) is 18.2. The third kappa shape index (κ3) is 4.10. The van der Waals surface area contributed by atoms with E-state index in [0.717, 1.165) is 11.4 Å². The van der Waals surface area contributed by atoms with E-state index in [1.807, 2.05) is 39.8 Å². The molecule has 1 aliphatic rings. The summed E-state index contributed by atoms with van der Waals surface area (Å²) in [5.74, 6) is 0.969. The number of nitrogens with zero attached hydrogens (tertiary/aromatic N) is 2. The Bertz CT molecular complexity index is 533. The number of amides is 1. The Labute approximate surface area is 131 Å². The Morgan fingerprint density at radius 2 is 2.05 bits per heavy atom.